The predicted molar refractivity (Wildman–Crippen MR) is 138 cm³/mol. The van der Waals surface area contributed by atoms with Gasteiger partial charge in [0.05, 0.1) is 11.4 Å². The number of fused-ring (bicyclic) bond motifs is 4. The Hall–Kier alpha value is -3.18. The van der Waals surface area contributed by atoms with Crippen molar-refractivity contribution in [2.24, 2.45) is 5.92 Å². The molecule has 0 amide bonds. The molecule has 2 unspecified atom stereocenters. The van der Waals surface area contributed by atoms with Crippen LogP contribution in [0.3, 0.4) is 0 Å². The van der Waals surface area contributed by atoms with E-state index >= 15 is 0 Å². The van der Waals surface area contributed by atoms with E-state index < -0.39 is 0 Å². The third kappa shape index (κ3) is 6.49. The van der Waals surface area contributed by atoms with Crippen LogP contribution in [0.1, 0.15) is 62.6 Å². The van der Waals surface area contributed by atoms with Gasteiger partial charge in [-0.1, -0.05) is 56.7 Å². The summed E-state index contributed by atoms with van der Waals surface area (Å²) in [6, 6.07) is 16.5. The molecule has 3 aromatic rings. The second kappa shape index (κ2) is 12.0. The number of aromatic nitrogens is 1. The van der Waals surface area contributed by atoms with Gasteiger partial charge in [0, 0.05) is 29.1 Å². The molecular formula is C28H34N4O3. The van der Waals surface area contributed by atoms with Crippen molar-refractivity contribution < 1.29 is 14.7 Å². The Balaban J connectivity index is 1.34. The maximum Gasteiger partial charge on any atom is 0.168 e. The van der Waals surface area contributed by atoms with E-state index in [0.29, 0.717) is 5.92 Å². The predicted octanol–water partition coefficient (Wildman–Crippen LogP) is 6.02. The molecule has 2 atom stereocenters. The molecule has 1 aromatic heterocycles. The van der Waals surface area contributed by atoms with Crippen LogP contribution in [0, 0.1) is 17.9 Å². The summed E-state index contributed by atoms with van der Waals surface area (Å²) in [5.41, 5.74) is 10.9. The SMILES string of the molecule is C1#Cc2cc3c(cccc3[nH]2)NC2OONCC2CCCCCCCCCc2cccc(c2)NO1. The van der Waals surface area contributed by atoms with Gasteiger partial charge in [-0.3, -0.25) is 0 Å². The number of H-pyrrole nitrogens is 1. The van der Waals surface area contributed by atoms with Crippen LogP contribution in [0.15, 0.2) is 48.5 Å². The summed E-state index contributed by atoms with van der Waals surface area (Å²) < 4.78 is 0. The maximum atomic E-state index is 5.60. The Labute approximate surface area is 206 Å². The molecule has 7 nitrogen and oxygen atoms in total. The van der Waals surface area contributed by atoms with Crippen LogP contribution in [0.5, 0.6) is 0 Å². The zero-order valence-corrected chi connectivity index (χ0v) is 20.1. The molecule has 4 bridgehead atoms. The average Bonchev–Trinajstić information content (AvgIpc) is 3.30. The van der Waals surface area contributed by atoms with Crippen LogP contribution in [-0.2, 0) is 21.1 Å². The summed E-state index contributed by atoms with van der Waals surface area (Å²) in [5.74, 6) is 3.38. The fraction of sp³-hybridized carbons (Fsp3) is 0.429. The molecule has 0 radical (unpaired) electrons. The highest BCUT2D eigenvalue weighted by molar-refractivity contribution is 5.93. The summed E-state index contributed by atoms with van der Waals surface area (Å²) in [6.45, 7) is 0.766. The Kier molecular flexibility index (Phi) is 8.07. The largest absolute Gasteiger partial charge is 0.357 e. The molecule has 2 aliphatic heterocycles. The van der Waals surface area contributed by atoms with Gasteiger partial charge in [0.15, 0.2) is 12.3 Å². The van der Waals surface area contributed by atoms with Crippen molar-refractivity contribution in [3.63, 3.8) is 0 Å². The zero-order chi connectivity index (χ0) is 23.7. The van der Waals surface area contributed by atoms with E-state index in [1.54, 1.807) is 0 Å². The van der Waals surface area contributed by atoms with Crippen LogP contribution in [0.2, 0.25) is 0 Å². The van der Waals surface area contributed by atoms with E-state index in [0.717, 1.165) is 47.4 Å². The molecule has 35 heavy (non-hydrogen) atoms. The molecule has 2 aromatic carbocycles. The highest BCUT2D eigenvalue weighted by Gasteiger charge is 2.27. The second-order valence-electron chi connectivity index (χ2n) is 9.45. The summed E-state index contributed by atoms with van der Waals surface area (Å²) in [7, 11) is 0. The molecular weight excluding hydrogens is 440 g/mol. The van der Waals surface area contributed by atoms with Crippen LogP contribution >= 0.6 is 0 Å². The third-order valence-electron chi connectivity index (χ3n) is 6.82. The first kappa shape index (κ1) is 23.6. The lowest BCUT2D eigenvalue weighted by Gasteiger charge is -2.31. The lowest BCUT2D eigenvalue weighted by atomic mass is 9.97. The van der Waals surface area contributed by atoms with E-state index in [1.807, 2.05) is 24.3 Å². The molecule has 0 saturated carbocycles. The molecule has 5 rings (SSSR count). The molecule has 1 saturated heterocycles. The second-order valence-corrected chi connectivity index (χ2v) is 9.45. The summed E-state index contributed by atoms with van der Waals surface area (Å²) in [5, 5.41) is 4.60. The Bertz CT molecular complexity index is 1170. The van der Waals surface area contributed by atoms with Gasteiger partial charge in [0.25, 0.3) is 0 Å². The summed E-state index contributed by atoms with van der Waals surface area (Å²) in [6.07, 6.45) is 13.5. The Morgan fingerprint density at radius 2 is 1.74 bits per heavy atom. The average molecular weight is 475 g/mol. The molecule has 4 N–H and O–H groups in total. The van der Waals surface area contributed by atoms with Crippen LogP contribution in [0.25, 0.3) is 10.9 Å². The molecule has 7 heteroatoms. The molecule has 0 spiro atoms. The van der Waals surface area contributed by atoms with Crippen molar-refractivity contribution in [1.29, 1.82) is 0 Å². The number of aryl methyl sites for hydroxylation is 1. The van der Waals surface area contributed by atoms with Crippen LogP contribution < -0.4 is 16.3 Å². The van der Waals surface area contributed by atoms with Gasteiger partial charge in [0.1, 0.15) is 0 Å². The molecule has 2 aliphatic rings. The number of anilines is 2. The fourth-order valence-corrected chi connectivity index (χ4v) is 4.88. The standard InChI is InChI=1S/C28H34N4O3/c1-2-4-6-10-21-11-8-13-24(18-21)32-33-17-16-23-19-25-26(30-23)14-9-15-27(25)31-28-22(12-7-5-3-1)20-29-35-34-28/h8-9,11,13-15,18-19,22,28-32H,1-7,10,12,20H2. The van der Waals surface area contributed by atoms with E-state index in [2.05, 4.69) is 57.6 Å². The molecule has 1 fully saturated rings. The minimum atomic E-state index is -0.213. The number of hydrogen-bond donors (Lipinski definition) is 4. The highest BCUT2D eigenvalue weighted by atomic mass is 17.3. The number of hydrogen-bond acceptors (Lipinski definition) is 6. The van der Waals surface area contributed by atoms with Gasteiger partial charge in [0.2, 0.25) is 0 Å². The molecule has 184 valence electrons. The van der Waals surface area contributed by atoms with Gasteiger partial charge < -0.3 is 15.1 Å². The monoisotopic (exact) mass is 474 g/mol. The quantitative estimate of drug-likeness (QED) is 0.236. The Morgan fingerprint density at radius 3 is 2.69 bits per heavy atom. The van der Waals surface area contributed by atoms with E-state index in [1.165, 1.54) is 50.5 Å². The van der Waals surface area contributed by atoms with Gasteiger partial charge in [-0.05, 0) is 61.1 Å². The van der Waals surface area contributed by atoms with Gasteiger partial charge >= 0.3 is 0 Å². The van der Waals surface area contributed by atoms with Crippen molar-refractivity contribution in [3.8, 4) is 12.0 Å². The number of hydroxylamine groups is 1. The first-order valence-electron chi connectivity index (χ1n) is 12.8. The van der Waals surface area contributed by atoms with Crippen molar-refractivity contribution in [2.45, 2.75) is 64.0 Å². The van der Waals surface area contributed by atoms with Crippen molar-refractivity contribution in [2.75, 3.05) is 17.3 Å². The lowest BCUT2D eigenvalue weighted by molar-refractivity contribution is -0.389. The number of nitrogens with one attached hydrogen (secondary N) is 4. The number of rotatable bonds is 0. The van der Waals surface area contributed by atoms with Gasteiger partial charge in [-0.2, -0.15) is 10.4 Å². The normalized spacial score (nSPS) is 22.1. The Morgan fingerprint density at radius 1 is 0.886 bits per heavy atom. The topological polar surface area (TPSA) is 79.6 Å². The zero-order valence-electron chi connectivity index (χ0n) is 20.1. The fourth-order valence-electron chi connectivity index (χ4n) is 4.88. The third-order valence-corrected chi connectivity index (χ3v) is 6.82. The first-order chi connectivity index (χ1) is 17.3. The van der Waals surface area contributed by atoms with E-state index in [4.69, 9.17) is 14.7 Å². The summed E-state index contributed by atoms with van der Waals surface area (Å²) >= 11 is 0. The van der Waals surface area contributed by atoms with Gasteiger partial charge in [-0.25, -0.2) is 5.48 Å². The van der Waals surface area contributed by atoms with Crippen LogP contribution in [0.4, 0.5) is 11.4 Å². The smallest absolute Gasteiger partial charge is 0.168 e. The first-order valence-corrected chi connectivity index (χ1v) is 12.8. The van der Waals surface area contributed by atoms with Crippen molar-refractivity contribution in [1.82, 2.24) is 10.5 Å². The van der Waals surface area contributed by atoms with Crippen molar-refractivity contribution >= 4 is 22.3 Å². The van der Waals surface area contributed by atoms with Crippen molar-refractivity contribution in [3.05, 3.63) is 59.8 Å². The maximum absolute atomic E-state index is 5.60. The van der Waals surface area contributed by atoms with Crippen LogP contribution in [-0.4, -0.2) is 17.8 Å². The molecule has 0 aliphatic carbocycles. The molecule has 3 heterocycles. The minimum absolute atomic E-state index is 0.213. The highest BCUT2D eigenvalue weighted by Crippen LogP contribution is 2.28. The summed E-state index contributed by atoms with van der Waals surface area (Å²) in [4.78, 5) is 19.5. The van der Waals surface area contributed by atoms with E-state index in [9.17, 15) is 0 Å². The van der Waals surface area contributed by atoms with E-state index in [-0.39, 0.29) is 6.23 Å². The number of aromatic amines is 1. The van der Waals surface area contributed by atoms with Gasteiger partial charge in [-0.15, -0.1) is 4.99 Å². The minimum Gasteiger partial charge on any atom is -0.357 e. The number of benzene rings is 2. The lowest BCUT2D eigenvalue weighted by Crippen LogP contribution is -2.44.